The lowest BCUT2D eigenvalue weighted by molar-refractivity contribution is -0.144. The topological polar surface area (TPSA) is 75.4 Å². The molecule has 0 saturated heterocycles. The molecular weight excluding hydrogens is 244 g/mol. The molecule has 1 heterocycles. The zero-order valence-electron chi connectivity index (χ0n) is 10.2. The van der Waals surface area contributed by atoms with E-state index in [0.29, 0.717) is 18.7 Å². The molecule has 1 aliphatic rings. The van der Waals surface area contributed by atoms with Gasteiger partial charge in [-0.15, -0.1) is 0 Å². The Morgan fingerprint density at radius 2 is 2.05 bits per heavy atom. The number of benzene rings is 1. The van der Waals surface area contributed by atoms with Crippen LogP contribution < -0.4 is 5.32 Å². The van der Waals surface area contributed by atoms with Gasteiger partial charge in [-0.3, -0.25) is 4.79 Å². The Morgan fingerprint density at radius 3 is 2.74 bits per heavy atom. The third kappa shape index (κ3) is 2.45. The van der Waals surface area contributed by atoms with Crippen LogP contribution in [-0.2, 0) is 4.79 Å². The van der Waals surface area contributed by atoms with Gasteiger partial charge in [0, 0.05) is 17.7 Å². The molecule has 1 aromatic carbocycles. The highest BCUT2D eigenvalue weighted by molar-refractivity contribution is 5.71. The molecule has 5 nitrogen and oxygen atoms in total. The predicted octanol–water partition coefficient (Wildman–Crippen LogP) is 2.62. The van der Waals surface area contributed by atoms with Crippen LogP contribution in [0.3, 0.4) is 0 Å². The van der Waals surface area contributed by atoms with E-state index < -0.39 is 5.97 Å². The van der Waals surface area contributed by atoms with Crippen molar-refractivity contribution in [3.8, 4) is 11.3 Å². The third-order valence-electron chi connectivity index (χ3n) is 3.41. The van der Waals surface area contributed by atoms with E-state index in [-0.39, 0.29) is 12.0 Å². The second-order valence-electron chi connectivity index (χ2n) is 4.79. The second-order valence-corrected chi connectivity index (χ2v) is 4.79. The molecule has 1 saturated carbocycles. The van der Waals surface area contributed by atoms with Gasteiger partial charge >= 0.3 is 5.97 Å². The first-order chi connectivity index (χ1) is 9.22. The number of aromatic nitrogens is 1. The van der Waals surface area contributed by atoms with Crippen LogP contribution in [0.1, 0.15) is 12.8 Å². The summed E-state index contributed by atoms with van der Waals surface area (Å²) in [6, 6.07) is 11.8. The number of hydrogen-bond donors (Lipinski definition) is 2. The molecule has 0 aliphatic heterocycles. The van der Waals surface area contributed by atoms with Crippen LogP contribution in [-0.4, -0.2) is 22.3 Å². The van der Waals surface area contributed by atoms with Crippen molar-refractivity contribution in [2.75, 3.05) is 5.32 Å². The van der Waals surface area contributed by atoms with Gasteiger partial charge in [0.15, 0.2) is 0 Å². The van der Waals surface area contributed by atoms with Crippen molar-refractivity contribution in [3.63, 3.8) is 0 Å². The minimum atomic E-state index is -0.722. The second kappa shape index (κ2) is 4.76. The molecule has 1 fully saturated rings. The summed E-state index contributed by atoms with van der Waals surface area (Å²) in [6.07, 6.45) is 1.27. The molecule has 0 radical (unpaired) electrons. The summed E-state index contributed by atoms with van der Waals surface area (Å²) >= 11 is 0. The molecule has 1 aromatic heterocycles. The highest BCUT2D eigenvalue weighted by Gasteiger charge is 2.34. The number of carboxylic acids is 1. The van der Waals surface area contributed by atoms with Gasteiger partial charge in [0.05, 0.1) is 5.92 Å². The summed E-state index contributed by atoms with van der Waals surface area (Å²) in [5.41, 5.74) is 1.77. The van der Waals surface area contributed by atoms with Gasteiger partial charge in [-0.05, 0) is 12.8 Å². The predicted molar refractivity (Wildman–Crippen MR) is 69.7 cm³/mol. The first-order valence-electron chi connectivity index (χ1n) is 6.24. The number of carbonyl (C=O) groups is 1. The maximum absolute atomic E-state index is 10.7. The molecule has 3 rings (SSSR count). The molecule has 98 valence electrons. The Bertz CT molecular complexity index is 573. The molecule has 2 aromatic rings. The molecule has 0 spiro atoms. The number of nitrogens with one attached hydrogen (secondary N) is 1. The SMILES string of the molecule is O=C(O)[C@H]1C[C@H](Nc2cc(-c3ccccc3)no2)C1. The summed E-state index contributed by atoms with van der Waals surface area (Å²) in [5, 5.41) is 16.0. The Kier molecular flexibility index (Phi) is 2.95. The van der Waals surface area contributed by atoms with Gasteiger partial charge in [-0.25, -0.2) is 0 Å². The van der Waals surface area contributed by atoms with Crippen LogP contribution in [0.2, 0.25) is 0 Å². The molecule has 0 unspecified atom stereocenters. The fraction of sp³-hybridized carbons (Fsp3) is 0.286. The van der Waals surface area contributed by atoms with Gasteiger partial charge in [-0.1, -0.05) is 35.5 Å². The van der Waals surface area contributed by atoms with E-state index in [1.165, 1.54) is 0 Å². The van der Waals surface area contributed by atoms with E-state index in [1.54, 1.807) is 0 Å². The van der Waals surface area contributed by atoms with Crippen LogP contribution in [0.4, 0.5) is 5.88 Å². The summed E-state index contributed by atoms with van der Waals surface area (Å²) < 4.78 is 5.21. The summed E-state index contributed by atoms with van der Waals surface area (Å²) in [5.74, 6) is -0.359. The zero-order valence-corrected chi connectivity index (χ0v) is 10.2. The maximum atomic E-state index is 10.7. The van der Waals surface area contributed by atoms with Gasteiger partial charge < -0.3 is 14.9 Å². The highest BCUT2D eigenvalue weighted by atomic mass is 16.5. The number of aliphatic carboxylic acids is 1. The first kappa shape index (κ1) is 11.8. The van der Waals surface area contributed by atoms with E-state index in [4.69, 9.17) is 9.63 Å². The van der Waals surface area contributed by atoms with Crippen molar-refractivity contribution >= 4 is 11.9 Å². The molecule has 19 heavy (non-hydrogen) atoms. The highest BCUT2D eigenvalue weighted by Crippen LogP contribution is 2.31. The number of rotatable bonds is 4. The van der Waals surface area contributed by atoms with Gasteiger partial charge in [0.2, 0.25) is 5.88 Å². The Morgan fingerprint density at radius 1 is 1.32 bits per heavy atom. The zero-order chi connectivity index (χ0) is 13.2. The third-order valence-corrected chi connectivity index (χ3v) is 3.41. The van der Waals surface area contributed by atoms with Gasteiger partial charge in [0.1, 0.15) is 5.69 Å². The summed E-state index contributed by atoms with van der Waals surface area (Å²) in [6.45, 7) is 0. The van der Waals surface area contributed by atoms with E-state index in [0.717, 1.165) is 11.3 Å². The van der Waals surface area contributed by atoms with Crippen molar-refractivity contribution in [1.29, 1.82) is 0 Å². The van der Waals surface area contributed by atoms with Gasteiger partial charge in [-0.2, -0.15) is 0 Å². The Balaban J connectivity index is 1.62. The summed E-state index contributed by atoms with van der Waals surface area (Å²) in [4.78, 5) is 10.7. The number of nitrogens with zero attached hydrogens (tertiary/aromatic N) is 1. The van der Waals surface area contributed by atoms with Crippen LogP contribution in [0.25, 0.3) is 11.3 Å². The minimum absolute atomic E-state index is 0.165. The fourth-order valence-corrected chi connectivity index (χ4v) is 2.23. The quantitative estimate of drug-likeness (QED) is 0.881. The Labute approximate surface area is 110 Å². The first-order valence-corrected chi connectivity index (χ1v) is 6.24. The number of anilines is 1. The van der Waals surface area contributed by atoms with Crippen molar-refractivity contribution < 1.29 is 14.4 Å². The molecule has 0 atom stereocenters. The van der Waals surface area contributed by atoms with Crippen molar-refractivity contribution in [1.82, 2.24) is 5.16 Å². The average molecular weight is 258 g/mol. The van der Waals surface area contributed by atoms with Crippen LogP contribution in [0.15, 0.2) is 40.9 Å². The van der Waals surface area contributed by atoms with Crippen molar-refractivity contribution in [2.45, 2.75) is 18.9 Å². The number of carboxylic acid groups (broad SMARTS) is 1. The van der Waals surface area contributed by atoms with Crippen molar-refractivity contribution in [3.05, 3.63) is 36.4 Å². The lowest BCUT2D eigenvalue weighted by atomic mass is 9.80. The van der Waals surface area contributed by atoms with E-state index in [1.807, 2.05) is 36.4 Å². The fourth-order valence-electron chi connectivity index (χ4n) is 2.23. The van der Waals surface area contributed by atoms with Crippen molar-refractivity contribution in [2.24, 2.45) is 5.92 Å². The van der Waals surface area contributed by atoms with E-state index >= 15 is 0 Å². The van der Waals surface area contributed by atoms with E-state index in [9.17, 15) is 4.79 Å². The molecular formula is C14H14N2O3. The molecule has 2 N–H and O–H groups in total. The monoisotopic (exact) mass is 258 g/mol. The Hall–Kier alpha value is -2.30. The lowest BCUT2D eigenvalue weighted by Crippen LogP contribution is -2.39. The normalized spacial score (nSPS) is 21.7. The van der Waals surface area contributed by atoms with Crippen LogP contribution in [0, 0.1) is 5.92 Å². The molecule has 5 heteroatoms. The lowest BCUT2D eigenvalue weighted by Gasteiger charge is -2.32. The smallest absolute Gasteiger partial charge is 0.306 e. The largest absolute Gasteiger partial charge is 0.481 e. The summed E-state index contributed by atoms with van der Waals surface area (Å²) in [7, 11) is 0. The molecule has 1 aliphatic carbocycles. The number of hydrogen-bond acceptors (Lipinski definition) is 4. The molecule has 0 bridgehead atoms. The van der Waals surface area contributed by atoms with Crippen LogP contribution in [0.5, 0.6) is 0 Å². The molecule has 0 amide bonds. The standard InChI is InChI=1S/C14H14N2O3/c17-14(18)10-6-11(7-10)15-13-8-12(16-19-13)9-4-2-1-3-5-9/h1-5,8,10-11,15H,6-7H2,(H,17,18)/t10-,11-. The minimum Gasteiger partial charge on any atom is -0.481 e. The van der Waals surface area contributed by atoms with E-state index in [2.05, 4.69) is 10.5 Å². The average Bonchev–Trinajstić information content (AvgIpc) is 2.82. The van der Waals surface area contributed by atoms with Crippen LogP contribution >= 0.6 is 0 Å². The maximum Gasteiger partial charge on any atom is 0.306 e. The van der Waals surface area contributed by atoms with Gasteiger partial charge in [0.25, 0.3) is 0 Å².